The summed E-state index contributed by atoms with van der Waals surface area (Å²) >= 11 is 0. The molecule has 0 bridgehead atoms. The van der Waals surface area contributed by atoms with Crippen LogP contribution in [-0.2, 0) is 0 Å². The summed E-state index contributed by atoms with van der Waals surface area (Å²) in [6.07, 6.45) is 1.33. The third-order valence-electron chi connectivity index (χ3n) is 2.13. The first-order valence-electron chi connectivity index (χ1n) is 4.04. The normalized spacial score (nSPS) is 31.2. The maximum atomic E-state index is 9.46. The van der Waals surface area contributed by atoms with Gasteiger partial charge in [0.2, 0.25) is 0 Å². The standard InChI is InChI=1S/C7H16N2O2.ClH/c8-6-2-1-3-9(4-5-10)7(6)11;/h6-7,10-11H,1-5,8H2;1H. The van der Waals surface area contributed by atoms with E-state index in [1.54, 1.807) is 0 Å². The molecule has 12 heavy (non-hydrogen) atoms. The molecular weight excluding hydrogens is 180 g/mol. The van der Waals surface area contributed by atoms with Gasteiger partial charge in [0.1, 0.15) is 6.23 Å². The molecule has 0 aromatic carbocycles. The van der Waals surface area contributed by atoms with Crippen LogP contribution in [0.15, 0.2) is 0 Å². The number of aliphatic hydroxyl groups is 2. The molecule has 1 rings (SSSR count). The maximum absolute atomic E-state index is 9.46. The molecule has 0 aliphatic carbocycles. The third-order valence-corrected chi connectivity index (χ3v) is 2.13. The zero-order chi connectivity index (χ0) is 8.27. The van der Waals surface area contributed by atoms with Gasteiger partial charge < -0.3 is 15.9 Å². The van der Waals surface area contributed by atoms with Crippen molar-refractivity contribution in [2.45, 2.75) is 25.1 Å². The molecule has 0 aromatic rings. The van der Waals surface area contributed by atoms with Crippen molar-refractivity contribution in [3.05, 3.63) is 0 Å². The Hall–Kier alpha value is 0.130. The molecular formula is C7H17ClN2O2. The molecule has 1 aliphatic heterocycles. The van der Waals surface area contributed by atoms with Crippen LogP contribution >= 0.6 is 12.4 Å². The molecule has 4 nitrogen and oxygen atoms in total. The molecule has 1 fully saturated rings. The van der Waals surface area contributed by atoms with E-state index in [0.29, 0.717) is 6.54 Å². The number of β-amino-alcohol motifs (C(OH)–C–C–N with tert-alkyl or cyclic N) is 1. The molecule has 74 valence electrons. The molecule has 1 heterocycles. The summed E-state index contributed by atoms with van der Waals surface area (Å²) in [5.41, 5.74) is 5.63. The van der Waals surface area contributed by atoms with E-state index >= 15 is 0 Å². The Balaban J connectivity index is 0.00000121. The molecule has 4 N–H and O–H groups in total. The Kier molecular flexibility index (Phi) is 5.78. The molecule has 0 saturated carbocycles. The Morgan fingerprint density at radius 2 is 2.17 bits per heavy atom. The van der Waals surface area contributed by atoms with Gasteiger partial charge in [-0.25, -0.2) is 0 Å². The van der Waals surface area contributed by atoms with Crippen LogP contribution in [0.5, 0.6) is 0 Å². The first-order valence-corrected chi connectivity index (χ1v) is 4.04. The van der Waals surface area contributed by atoms with Crippen LogP contribution in [0, 0.1) is 0 Å². The van der Waals surface area contributed by atoms with Crippen LogP contribution in [0.3, 0.4) is 0 Å². The van der Waals surface area contributed by atoms with E-state index in [2.05, 4.69) is 0 Å². The molecule has 0 spiro atoms. The van der Waals surface area contributed by atoms with Crippen molar-refractivity contribution >= 4 is 12.4 Å². The predicted octanol–water partition coefficient (Wildman–Crippen LogP) is -0.858. The lowest BCUT2D eigenvalue weighted by atomic mass is 10.1. The largest absolute Gasteiger partial charge is 0.395 e. The third kappa shape index (κ3) is 2.88. The lowest BCUT2D eigenvalue weighted by Gasteiger charge is -2.35. The number of rotatable bonds is 2. The highest BCUT2D eigenvalue weighted by Gasteiger charge is 2.25. The van der Waals surface area contributed by atoms with E-state index in [4.69, 9.17) is 10.8 Å². The highest BCUT2D eigenvalue weighted by Crippen LogP contribution is 2.12. The lowest BCUT2D eigenvalue weighted by Crippen LogP contribution is -2.52. The van der Waals surface area contributed by atoms with Crippen molar-refractivity contribution in [3.63, 3.8) is 0 Å². The van der Waals surface area contributed by atoms with Gasteiger partial charge in [0, 0.05) is 19.1 Å². The zero-order valence-electron chi connectivity index (χ0n) is 7.02. The second kappa shape index (κ2) is 5.72. The zero-order valence-corrected chi connectivity index (χ0v) is 7.83. The van der Waals surface area contributed by atoms with Crippen LogP contribution < -0.4 is 5.73 Å². The van der Waals surface area contributed by atoms with Crippen LogP contribution in [0.25, 0.3) is 0 Å². The second-order valence-electron chi connectivity index (χ2n) is 2.98. The van der Waals surface area contributed by atoms with Gasteiger partial charge in [0.05, 0.1) is 6.61 Å². The molecule has 1 saturated heterocycles. The van der Waals surface area contributed by atoms with Gasteiger partial charge in [-0.2, -0.15) is 0 Å². The molecule has 0 aromatic heterocycles. The molecule has 5 heteroatoms. The number of hydrogen-bond acceptors (Lipinski definition) is 4. The van der Waals surface area contributed by atoms with E-state index < -0.39 is 6.23 Å². The van der Waals surface area contributed by atoms with Crippen LogP contribution in [0.2, 0.25) is 0 Å². The number of likely N-dealkylation sites (tertiary alicyclic amines) is 1. The summed E-state index contributed by atoms with van der Waals surface area (Å²) in [6, 6.07) is -0.143. The van der Waals surface area contributed by atoms with Gasteiger partial charge in [-0.1, -0.05) is 0 Å². The Morgan fingerprint density at radius 3 is 2.75 bits per heavy atom. The predicted molar refractivity (Wildman–Crippen MR) is 49.1 cm³/mol. The van der Waals surface area contributed by atoms with Crippen LogP contribution in [0.1, 0.15) is 12.8 Å². The average Bonchev–Trinajstić information content (AvgIpc) is 1.99. The van der Waals surface area contributed by atoms with Crippen molar-refractivity contribution < 1.29 is 10.2 Å². The Labute approximate surface area is 78.8 Å². The summed E-state index contributed by atoms with van der Waals surface area (Å²) < 4.78 is 0. The van der Waals surface area contributed by atoms with Crippen LogP contribution in [0.4, 0.5) is 0 Å². The quantitative estimate of drug-likeness (QED) is 0.538. The van der Waals surface area contributed by atoms with E-state index in [1.807, 2.05) is 4.90 Å². The highest BCUT2D eigenvalue weighted by molar-refractivity contribution is 5.85. The Morgan fingerprint density at radius 1 is 1.50 bits per heavy atom. The Bertz CT molecular complexity index is 124. The maximum Gasteiger partial charge on any atom is 0.122 e. The number of hydrogen-bond donors (Lipinski definition) is 3. The van der Waals surface area contributed by atoms with Gasteiger partial charge in [-0.3, -0.25) is 4.90 Å². The molecule has 0 amide bonds. The van der Waals surface area contributed by atoms with E-state index in [1.165, 1.54) is 0 Å². The number of halogens is 1. The summed E-state index contributed by atoms with van der Waals surface area (Å²) in [5.74, 6) is 0. The van der Waals surface area contributed by atoms with Crippen molar-refractivity contribution in [2.24, 2.45) is 5.73 Å². The summed E-state index contributed by atoms with van der Waals surface area (Å²) in [6.45, 7) is 1.45. The minimum Gasteiger partial charge on any atom is -0.395 e. The molecule has 2 atom stereocenters. The smallest absolute Gasteiger partial charge is 0.122 e. The molecule has 2 unspecified atom stereocenters. The first kappa shape index (κ1) is 12.1. The highest BCUT2D eigenvalue weighted by atomic mass is 35.5. The number of nitrogens with zero attached hydrogens (tertiary/aromatic N) is 1. The second-order valence-corrected chi connectivity index (χ2v) is 2.98. The van der Waals surface area contributed by atoms with Gasteiger partial charge in [-0.15, -0.1) is 12.4 Å². The van der Waals surface area contributed by atoms with Crippen LogP contribution in [-0.4, -0.2) is 47.1 Å². The minimum absolute atomic E-state index is 0. The van der Waals surface area contributed by atoms with Gasteiger partial charge in [0.15, 0.2) is 0 Å². The average molecular weight is 197 g/mol. The van der Waals surface area contributed by atoms with Crippen molar-refractivity contribution in [1.29, 1.82) is 0 Å². The SMILES string of the molecule is Cl.NC1CCCN(CCO)C1O. The van der Waals surface area contributed by atoms with Crippen molar-refractivity contribution in [2.75, 3.05) is 19.7 Å². The van der Waals surface area contributed by atoms with Gasteiger partial charge in [0.25, 0.3) is 0 Å². The van der Waals surface area contributed by atoms with E-state index in [9.17, 15) is 5.11 Å². The fraction of sp³-hybridized carbons (Fsp3) is 1.00. The fourth-order valence-corrected chi connectivity index (χ4v) is 1.45. The number of piperidine rings is 1. The first-order chi connectivity index (χ1) is 5.25. The lowest BCUT2D eigenvalue weighted by molar-refractivity contribution is -0.0443. The number of aliphatic hydroxyl groups excluding tert-OH is 2. The minimum atomic E-state index is -0.559. The van der Waals surface area contributed by atoms with Gasteiger partial charge >= 0.3 is 0 Å². The molecule has 0 radical (unpaired) electrons. The van der Waals surface area contributed by atoms with E-state index in [0.717, 1.165) is 19.4 Å². The van der Waals surface area contributed by atoms with Crippen molar-refractivity contribution in [1.82, 2.24) is 4.90 Å². The monoisotopic (exact) mass is 196 g/mol. The van der Waals surface area contributed by atoms with Crippen molar-refractivity contribution in [3.8, 4) is 0 Å². The summed E-state index contributed by atoms with van der Waals surface area (Å²) in [7, 11) is 0. The summed E-state index contributed by atoms with van der Waals surface area (Å²) in [5, 5.41) is 18.1. The van der Waals surface area contributed by atoms with E-state index in [-0.39, 0.29) is 25.1 Å². The molecule has 1 aliphatic rings. The summed E-state index contributed by atoms with van der Waals surface area (Å²) in [4.78, 5) is 1.81. The fourth-order valence-electron chi connectivity index (χ4n) is 1.45. The topological polar surface area (TPSA) is 69.7 Å². The number of nitrogens with two attached hydrogens (primary N) is 1. The van der Waals surface area contributed by atoms with Gasteiger partial charge in [-0.05, 0) is 12.8 Å².